The molecule has 0 saturated carbocycles. The molecule has 1 aromatic carbocycles. The molecule has 1 aromatic rings. The molecule has 2 unspecified atom stereocenters. The summed E-state index contributed by atoms with van der Waals surface area (Å²) in [6, 6.07) is 0.845. The molecule has 0 saturated heterocycles. The Labute approximate surface area is 117 Å². The first-order chi connectivity index (χ1) is 9.65. The minimum absolute atomic E-state index is 0.383. The predicted octanol–water partition coefficient (Wildman–Crippen LogP) is 2.17. The van der Waals surface area contributed by atoms with Gasteiger partial charge in [0.2, 0.25) is 5.91 Å². The number of nitrogens with zero attached hydrogens (tertiary/aromatic N) is 1. The Kier molecular flexibility index (Phi) is 4.90. The van der Waals surface area contributed by atoms with Crippen molar-refractivity contribution in [2.45, 2.75) is 13.8 Å². The molecule has 0 heterocycles. The number of carbonyl (C=O) groups is 2. The summed E-state index contributed by atoms with van der Waals surface area (Å²) in [5.41, 5.74) is -1.74. The smallest absolute Gasteiger partial charge is 0.307 e. The lowest BCUT2D eigenvalue weighted by molar-refractivity contribution is -0.384. The van der Waals surface area contributed by atoms with Gasteiger partial charge in [0, 0.05) is 12.0 Å². The highest BCUT2D eigenvalue weighted by molar-refractivity contribution is 5.96. The molecular formula is C12H12F2N2O5. The van der Waals surface area contributed by atoms with Crippen LogP contribution in [0.4, 0.5) is 20.2 Å². The average Bonchev–Trinajstić information content (AvgIpc) is 2.39. The zero-order valence-electron chi connectivity index (χ0n) is 11.1. The maximum Gasteiger partial charge on any atom is 0.307 e. The van der Waals surface area contributed by atoms with E-state index in [-0.39, 0.29) is 0 Å². The van der Waals surface area contributed by atoms with E-state index in [1.54, 1.807) is 0 Å². The minimum Gasteiger partial charge on any atom is -0.481 e. The minimum atomic E-state index is -1.31. The summed E-state index contributed by atoms with van der Waals surface area (Å²) in [6.45, 7) is 2.55. The van der Waals surface area contributed by atoms with Crippen LogP contribution in [0.3, 0.4) is 0 Å². The van der Waals surface area contributed by atoms with Crippen LogP contribution >= 0.6 is 0 Å². The number of carboxylic acid groups (broad SMARTS) is 1. The molecule has 0 aliphatic rings. The second-order valence-electron chi connectivity index (χ2n) is 4.44. The van der Waals surface area contributed by atoms with Gasteiger partial charge in [-0.3, -0.25) is 19.7 Å². The van der Waals surface area contributed by atoms with Crippen molar-refractivity contribution in [2.24, 2.45) is 11.8 Å². The fraction of sp³-hybridized carbons (Fsp3) is 0.333. The van der Waals surface area contributed by atoms with Gasteiger partial charge in [0.25, 0.3) is 5.69 Å². The summed E-state index contributed by atoms with van der Waals surface area (Å²) in [5.74, 6) is -6.78. The second kappa shape index (κ2) is 6.25. The first-order valence-electron chi connectivity index (χ1n) is 5.82. The number of anilines is 1. The predicted molar refractivity (Wildman–Crippen MR) is 67.6 cm³/mol. The van der Waals surface area contributed by atoms with E-state index in [4.69, 9.17) is 5.11 Å². The third-order valence-electron chi connectivity index (χ3n) is 3.03. The molecule has 114 valence electrons. The third kappa shape index (κ3) is 3.71. The lowest BCUT2D eigenvalue weighted by Gasteiger charge is -2.16. The molecular weight excluding hydrogens is 290 g/mol. The fourth-order valence-corrected chi connectivity index (χ4v) is 1.51. The van der Waals surface area contributed by atoms with Crippen LogP contribution < -0.4 is 5.32 Å². The number of halogens is 2. The number of aliphatic carboxylic acids is 1. The second-order valence-corrected chi connectivity index (χ2v) is 4.44. The Bertz CT molecular complexity index is 606. The van der Waals surface area contributed by atoms with E-state index in [9.17, 15) is 28.5 Å². The fourth-order valence-electron chi connectivity index (χ4n) is 1.51. The van der Waals surface area contributed by atoms with E-state index >= 15 is 0 Å². The molecule has 0 radical (unpaired) electrons. The van der Waals surface area contributed by atoms with E-state index in [0.717, 1.165) is 0 Å². The number of carbonyl (C=O) groups excluding carboxylic acids is 1. The topological polar surface area (TPSA) is 110 Å². The maximum absolute atomic E-state index is 13.6. The van der Waals surface area contributed by atoms with Crippen LogP contribution in [0.25, 0.3) is 0 Å². The molecule has 1 rings (SSSR count). The molecule has 0 spiro atoms. The van der Waals surface area contributed by atoms with Crippen molar-refractivity contribution >= 4 is 23.3 Å². The molecule has 0 fully saturated rings. The lowest BCUT2D eigenvalue weighted by Crippen LogP contribution is -2.30. The monoisotopic (exact) mass is 302 g/mol. The number of rotatable bonds is 5. The number of nitro benzene ring substituents is 1. The average molecular weight is 302 g/mol. The lowest BCUT2D eigenvalue weighted by atomic mass is 9.95. The highest BCUT2D eigenvalue weighted by Gasteiger charge is 2.29. The first kappa shape index (κ1) is 16.5. The normalized spacial score (nSPS) is 13.3. The number of hydrogen-bond acceptors (Lipinski definition) is 4. The molecule has 1 amide bonds. The Hall–Kier alpha value is -2.58. The SMILES string of the molecule is CC(C(=O)O)C(C)C(=O)Nc1c(F)cc(F)cc1[N+](=O)[O-]. The summed E-state index contributed by atoms with van der Waals surface area (Å²) in [6.07, 6.45) is 0. The summed E-state index contributed by atoms with van der Waals surface area (Å²) < 4.78 is 26.5. The van der Waals surface area contributed by atoms with Gasteiger partial charge in [-0.05, 0) is 0 Å². The van der Waals surface area contributed by atoms with Gasteiger partial charge in [0.05, 0.1) is 16.9 Å². The number of hydrogen-bond donors (Lipinski definition) is 2. The van der Waals surface area contributed by atoms with Gasteiger partial charge in [0.15, 0.2) is 11.5 Å². The van der Waals surface area contributed by atoms with Crippen LogP contribution in [0.2, 0.25) is 0 Å². The van der Waals surface area contributed by atoms with Crippen LogP contribution in [0.5, 0.6) is 0 Å². The van der Waals surface area contributed by atoms with Crippen molar-refractivity contribution in [3.63, 3.8) is 0 Å². The van der Waals surface area contributed by atoms with Crippen LogP contribution in [-0.2, 0) is 9.59 Å². The molecule has 9 heteroatoms. The number of nitrogens with one attached hydrogen (secondary N) is 1. The van der Waals surface area contributed by atoms with Crippen LogP contribution in [0.1, 0.15) is 13.8 Å². The molecule has 0 bridgehead atoms. The van der Waals surface area contributed by atoms with Crippen molar-refractivity contribution < 1.29 is 28.4 Å². The van der Waals surface area contributed by atoms with Gasteiger partial charge in [-0.15, -0.1) is 0 Å². The molecule has 0 aliphatic heterocycles. The van der Waals surface area contributed by atoms with Crippen molar-refractivity contribution in [1.82, 2.24) is 0 Å². The maximum atomic E-state index is 13.6. The van der Waals surface area contributed by atoms with Gasteiger partial charge < -0.3 is 10.4 Å². The Morgan fingerprint density at radius 2 is 1.86 bits per heavy atom. The Morgan fingerprint density at radius 1 is 1.29 bits per heavy atom. The van der Waals surface area contributed by atoms with Crippen LogP contribution in [-0.4, -0.2) is 21.9 Å². The highest BCUT2D eigenvalue weighted by Crippen LogP contribution is 2.29. The standard InChI is InChI=1S/C12H12F2N2O5/c1-5(6(2)12(18)19)11(17)15-10-8(14)3-7(13)4-9(10)16(20)21/h3-6H,1-2H3,(H,15,17)(H,18,19). The van der Waals surface area contributed by atoms with Gasteiger partial charge in [-0.1, -0.05) is 13.8 Å². The van der Waals surface area contributed by atoms with Crippen molar-refractivity contribution in [2.75, 3.05) is 5.32 Å². The van der Waals surface area contributed by atoms with E-state index in [0.29, 0.717) is 12.1 Å². The quantitative estimate of drug-likeness (QED) is 0.640. The van der Waals surface area contributed by atoms with Crippen LogP contribution in [0.15, 0.2) is 12.1 Å². The van der Waals surface area contributed by atoms with Crippen molar-refractivity contribution in [3.8, 4) is 0 Å². The summed E-state index contributed by atoms with van der Waals surface area (Å²) in [7, 11) is 0. The van der Waals surface area contributed by atoms with Crippen molar-refractivity contribution in [1.29, 1.82) is 0 Å². The van der Waals surface area contributed by atoms with E-state index in [1.807, 2.05) is 5.32 Å². The molecule has 2 N–H and O–H groups in total. The number of amides is 1. The zero-order chi connectivity index (χ0) is 16.3. The van der Waals surface area contributed by atoms with Gasteiger partial charge in [-0.2, -0.15) is 0 Å². The molecule has 2 atom stereocenters. The number of benzene rings is 1. The first-order valence-corrected chi connectivity index (χ1v) is 5.82. The van der Waals surface area contributed by atoms with E-state index in [1.165, 1.54) is 13.8 Å². The number of carboxylic acids is 1. The van der Waals surface area contributed by atoms with Gasteiger partial charge in [-0.25, -0.2) is 8.78 Å². The molecule has 21 heavy (non-hydrogen) atoms. The Balaban J connectivity index is 3.11. The van der Waals surface area contributed by atoms with Gasteiger partial charge >= 0.3 is 5.97 Å². The zero-order valence-corrected chi connectivity index (χ0v) is 11.1. The van der Waals surface area contributed by atoms with E-state index < -0.39 is 51.6 Å². The van der Waals surface area contributed by atoms with E-state index in [2.05, 4.69) is 0 Å². The largest absolute Gasteiger partial charge is 0.481 e. The molecule has 0 aromatic heterocycles. The van der Waals surface area contributed by atoms with Gasteiger partial charge in [0.1, 0.15) is 5.82 Å². The molecule has 0 aliphatic carbocycles. The highest BCUT2D eigenvalue weighted by atomic mass is 19.1. The third-order valence-corrected chi connectivity index (χ3v) is 3.03. The van der Waals surface area contributed by atoms with Crippen molar-refractivity contribution in [3.05, 3.63) is 33.9 Å². The number of nitro groups is 1. The van der Waals surface area contributed by atoms with Crippen LogP contribution in [0, 0.1) is 33.6 Å². The molecule has 7 nitrogen and oxygen atoms in total. The summed E-state index contributed by atoms with van der Waals surface area (Å²) in [5, 5.41) is 21.5. The summed E-state index contributed by atoms with van der Waals surface area (Å²) in [4.78, 5) is 32.3. The Morgan fingerprint density at radius 3 is 2.33 bits per heavy atom. The summed E-state index contributed by atoms with van der Waals surface area (Å²) >= 11 is 0.